The molecule has 3 rings (SSSR count). The number of sulfone groups is 1. The maximum absolute atomic E-state index is 12.8. The van der Waals surface area contributed by atoms with Crippen molar-refractivity contribution in [1.82, 2.24) is 4.57 Å². The molecule has 1 aromatic heterocycles. The van der Waals surface area contributed by atoms with Gasteiger partial charge in [0.2, 0.25) is 10.0 Å². The summed E-state index contributed by atoms with van der Waals surface area (Å²) in [7, 11) is -7.50. The Hall–Kier alpha value is -2.60. The Bertz CT molecular complexity index is 1410. The molecule has 0 fully saturated rings. The highest BCUT2D eigenvalue weighted by atomic mass is 32.2. The van der Waals surface area contributed by atoms with Gasteiger partial charge in [-0.05, 0) is 30.3 Å². The van der Waals surface area contributed by atoms with Crippen LogP contribution in [0.2, 0.25) is 0 Å². The predicted molar refractivity (Wildman–Crippen MR) is 111 cm³/mol. The molecule has 11 heteroatoms. The van der Waals surface area contributed by atoms with Crippen molar-refractivity contribution in [3.63, 3.8) is 0 Å². The van der Waals surface area contributed by atoms with Gasteiger partial charge in [-0.25, -0.2) is 22.0 Å². The molecule has 0 saturated carbocycles. The van der Waals surface area contributed by atoms with Crippen molar-refractivity contribution >= 4 is 47.3 Å². The van der Waals surface area contributed by atoms with Crippen molar-refractivity contribution in [1.29, 1.82) is 0 Å². The number of carbonyl (C=O) groups excluding carboxylic acids is 1. The smallest absolute Gasteiger partial charge is 0.280 e. The van der Waals surface area contributed by atoms with E-state index in [-0.39, 0.29) is 20.2 Å². The van der Waals surface area contributed by atoms with Crippen LogP contribution in [0.1, 0.15) is 10.4 Å². The molecule has 0 saturated heterocycles. The third kappa shape index (κ3) is 4.37. The van der Waals surface area contributed by atoms with Gasteiger partial charge in [0.25, 0.3) is 5.91 Å². The molecule has 0 bridgehead atoms. The quantitative estimate of drug-likeness (QED) is 0.590. The summed E-state index contributed by atoms with van der Waals surface area (Å²) in [4.78, 5) is 17.0. The van der Waals surface area contributed by atoms with E-state index >= 15 is 0 Å². The average molecular weight is 452 g/mol. The lowest BCUT2D eigenvalue weighted by Gasteiger charge is -2.04. The van der Waals surface area contributed by atoms with Gasteiger partial charge < -0.3 is 4.57 Å². The number of hydrogen-bond acceptors (Lipinski definition) is 6. The molecule has 8 nitrogen and oxygen atoms in total. The molecule has 2 aromatic carbocycles. The maximum atomic E-state index is 12.8. The van der Waals surface area contributed by atoms with Gasteiger partial charge in [-0.15, -0.1) is 6.58 Å². The minimum absolute atomic E-state index is 0.0390. The molecular weight excluding hydrogens is 434 g/mol. The molecular formula is C18H17N3O5S3. The van der Waals surface area contributed by atoms with E-state index in [2.05, 4.69) is 11.6 Å². The summed E-state index contributed by atoms with van der Waals surface area (Å²) in [6.07, 6.45) is 2.62. The fourth-order valence-electron chi connectivity index (χ4n) is 2.74. The van der Waals surface area contributed by atoms with E-state index < -0.39 is 25.8 Å². The normalized spacial score (nSPS) is 13.0. The van der Waals surface area contributed by atoms with E-state index in [1.807, 2.05) is 0 Å². The van der Waals surface area contributed by atoms with Gasteiger partial charge in [-0.2, -0.15) is 4.99 Å². The zero-order chi connectivity index (χ0) is 21.4. The Labute approximate surface area is 171 Å². The molecule has 0 aliphatic rings. The molecule has 0 atom stereocenters. The Morgan fingerprint density at radius 1 is 1.21 bits per heavy atom. The second-order valence-electron chi connectivity index (χ2n) is 6.14. The van der Waals surface area contributed by atoms with E-state index in [4.69, 9.17) is 5.14 Å². The first-order valence-corrected chi connectivity index (χ1v) is 12.4. The Morgan fingerprint density at radius 2 is 1.90 bits per heavy atom. The second kappa shape index (κ2) is 7.67. The molecule has 1 amide bonds. The van der Waals surface area contributed by atoms with E-state index in [1.54, 1.807) is 22.8 Å². The third-order valence-corrected chi connectivity index (χ3v) is 7.12. The summed E-state index contributed by atoms with van der Waals surface area (Å²) in [6, 6.07) is 10.2. The number of nitrogens with zero attached hydrogens (tertiary/aromatic N) is 2. The van der Waals surface area contributed by atoms with E-state index in [0.29, 0.717) is 16.8 Å². The molecule has 0 aliphatic carbocycles. The van der Waals surface area contributed by atoms with Gasteiger partial charge >= 0.3 is 0 Å². The van der Waals surface area contributed by atoms with Gasteiger partial charge in [0.1, 0.15) is 0 Å². The van der Waals surface area contributed by atoms with Crippen LogP contribution in [0.4, 0.5) is 0 Å². The van der Waals surface area contributed by atoms with Crippen LogP contribution < -0.4 is 9.94 Å². The van der Waals surface area contributed by atoms with Crippen molar-refractivity contribution in [2.75, 3.05) is 6.26 Å². The molecule has 0 unspecified atom stereocenters. The SMILES string of the molecule is C=CCn1c(=NC(=O)c2ccccc2S(C)(=O)=O)sc2cc(S(N)(=O)=O)ccc21. The number of nitrogens with two attached hydrogens (primary N) is 1. The van der Waals surface area contributed by atoms with E-state index in [9.17, 15) is 21.6 Å². The summed E-state index contributed by atoms with van der Waals surface area (Å²) in [5.74, 6) is -0.720. The van der Waals surface area contributed by atoms with Crippen LogP contribution in [0.25, 0.3) is 10.2 Å². The highest BCUT2D eigenvalue weighted by molar-refractivity contribution is 7.90. The van der Waals surface area contributed by atoms with Crippen molar-refractivity contribution < 1.29 is 21.6 Å². The number of sulfonamides is 1. The molecule has 2 N–H and O–H groups in total. The number of hydrogen-bond donors (Lipinski definition) is 1. The minimum atomic E-state index is -3.89. The standard InChI is InChI=1S/C18H17N3O5S3/c1-3-10-21-14-9-8-12(29(19,25)26)11-15(14)27-18(21)20-17(22)13-6-4-5-7-16(13)28(2,23)24/h3-9,11H,1,10H2,2H3,(H2,19,25,26). The monoisotopic (exact) mass is 451 g/mol. The Balaban J connectivity index is 2.24. The highest BCUT2D eigenvalue weighted by Gasteiger charge is 2.18. The zero-order valence-corrected chi connectivity index (χ0v) is 17.7. The number of thiazole rings is 1. The number of carbonyl (C=O) groups is 1. The molecule has 3 aromatic rings. The number of rotatable bonds is 5. The summed E-state index contributed by atoms with van der Waals surface area (Å²) in [5.41, 5.74) is 0.605. The molecule has 0 aliphatic heterocycles. The van der Waals surface area contributed by atoms with Crippen LogP contribution in [-0.2, 0) is 26.4 Å². The molecule has 152 valence electrons. The van der Waals surface area contributed by atoms with Crippen molar-refractivity contribution in [3.8, 4) is 0 Å². The average Bonchev–Trinajstić information content (AvgIpc) is 2.97. The topological polar surface area (TPSA) is 129 Å². The first kappa shape index (κ1) is 21.1. The second-order valence-corrected chi connectivity index (χ2v) is 10.7. The zero-order valence-electron chi connectivity index (χ0n) is 15.3. The van der Waals surface area contributed by atoms with Crippen molar-refractivity contribution in [3.05, 3.63) is 65.5 Å². The Morgan fingerprint density at radius 3 is 2.52 bits per heavy atom. The number of aromatic nitrogens is 1. The van der Waals surface area contributed by atoms with Crippen LogP contribution in [-0.4, -0.2) is 33.6 Å². The lowest BCUT2D eigenvalue weighted by atomic mass is 10.2. The summed E-state index contributed by atoms with van der Waals surface area (Å²) < 4.78 is 49.4. The van der Waals surface area contributed by atoms with Gasteiger partial charge in [0, 0.05) is 12.8 Å². The molecule has 0 spiro atoms. The first-order valence-electron chi connectivity index (χ1n) is 8.17. The van der Waals surface area contributed by atoms with Crippen LogP contribution >= 0.6 is 11.3 Å². The van der Waals surface area contributed by atoms with Gasteiger partial charge in [-0.1, -0.05) is 29.5 Å². The minimum Gasteiger partial charge on any atom is -0.312 e. The van der Waals surface area contributed by atoms with Crippen LogP contribution in [0.15, 0.2) is 69.9 Å². The van der Waals surface area contributed by atoms with E-state index in [1.165, 1.54) is 30.3 Å². The summed E-state index contributed by atoms with van der Waals surface area (Å²) in [6.45, 7) is 4.00. The van der Waals surface area contributed by atoms with Crippen LogP contribution in [0, 0.1) is 0 Å². The Kier molecular flexibility index (Phi) is 5.59. The fraction of sp³-hybridized carbons (Fsp3) is 0.111. The maximum Gasteiger partial charge on any atom is 0.280 e. The van der Waals surface area contributed by atoms with Crippen LogP contribution in [0.3, 0.4) is 0 Å². The molecule has 0 radical (unpaired) electrons. The number of amides is 1. The molecule has 1 heterocycles. The van der Waals surface area contributed by atoms with Crippen molar-refractivity contribution in [2.24, 2.45) is 10.1 Å². The number of allylic oxidation sites excluding steroid dienone is 1. The third-order valence-electron chi connectivity index (χ3n) is 4.01. The van der Waals surface area contributed by atoms with Crippen molar-refractivity contribution in [2.45, 2.75) is 16.3 Å². The number of primary sulfonamides is 1. The summed E-state index contributed by atoms with van der Waals surface area (Å²) in [5, 5.41) is 5.18. The van der Waals surface area contributed by atoms with E-state index in [0.717, 1.165) is 17.6 Å². The van der Waals surface area contributed by atoms with Gasteiger partial charge in [0.05, 0.1) is 25.6 Å². The lowest BCUT2D eigenvalue weighted by molar-refractivity contribution is 0.0994. The predicted octanol–water partition coefficient (Wildman–Crippen LogP) is 1.68. The first-order chi connectivity index (χ1) is 13.5. The highest BCUT2D eigenvalue weighted by Crippen LogP contribution is 2.22. The van der Waals surface area contributed by atoms with Gasteiger partial charge in [-0.3, -0.25) is 4.79 Å². The number of fused-ring (bicyclic) bond motifs is 1. The lowest BCUT2D eigenvalue weighted by Crippen LogP contribution is -2.17. The van der Waals surface area contributed by atoms with Gasteiger partial charge in [0.15, 0.2) is 14.6 Å². The molecule has 29 heavy (non-hydrogen) atoms. The summed E-state index contributed by atoms with van der Waals surface area (Å²) >= 11 is 1.09. The fourth-order valence-corrected chi connectivity index (χ4v) is 5.31. The number of benzene rings is 2. The van der Waals surface area contributed by atoms with Crippen LogP contribution in [0.5, 0.6) is 0 Å². The largest absolute Gasteiger partial charge is 0.312 e.